The van der Waals surface area contributed by atoms with E-state index in [4.69, 9.17) is 14.8 Å². The van der Waals surface area contributed by atoms with Gasteiger partial charge in [-0.05, 0) is 60.9 Å². The van der Waals surface area contributed by atoms with Gasteiger partial charge in [0, 0.05) is 41.8 Å². The van der Waals surface area contributed by atoms with E-state index in [-0.39, 0.29) is 23.9 Å². The van der Waals surface area contributed by atoms with Gasteiger partial charge in [0.25, 0.3) is 5.56 Å². The first kappa shape index (κ1) is 26.1. The molecule has 0 spiro atoms. The summed E-state index contributed by atoms with van der Waals surface area (Å²) in [6.07, 6.45) is 7.10. The van der Waals surface area contributed by atoms with E-state index in [0.29, 0.717) is 22.5 Å². The van der Waals surface area contributed by atoms with E-state index in [1.54, 1.807) is 24.4 Å². The zero-order valence-corrected chi connectivity index (χ0v) is 23.1. The van der Waals surface area contributed by atoms with Gasteiger partial charge >= 0.3 is 0 Å². The average Bonchev–Trinajstić information content (AvgIpc) is 2.93. The highest BCUT2D eigenvalue weighted by Gasteiger charge is 2.22. The summed E-state index contributed by atoms with van der Waals surface area (Å²) >= 11 is 3.47. The number of ether oxygens (including phenoxy) is 1. The molecule has 1 fully saturated rings. The lowest BCUT2D eigenvalue weighted by atomic mass is 9.88. The van der Waals surface area contributed by atoms with Crippen molar-refractivity contribution in [1.82, 2.24) is 9.66 Å². The van der Waals surface area contributed by atoms with Crippen molar-refractivity contribution in [2.45, 2.75) is 44.6 Å². The molecule has 0 amide bonds. The normalized spacial score (nSPS) is 14.3. The van der Waals surface area contributed by atoms with Crippen LogP contribution in [0.15, 0.2) is 75.0 Å². The van der Waals surface area contributed by atoms with Crippen molar-refractivity contribution < 1.29 is 9.13 Å². The summed E-state index contributed by atoms with van der Waals surface area (Å²) in [6.45, 7) is 0.275. The molecule has 196 valence electrons. The molecule has 1 aliphatic carbocycles. The largest absolute Gasteiger partial charge is 0.488 e. The third kappa shape index (κ3) is 5.80. The molecule has 4 aromatic rings. The lowest BCUT2D eigenvalue weighted by molar-refractivity contribution is 0.305. The molecule has 0 unspecified atom stereocenters. The van der Waals surface area contributed by atoms with Crippen LogP contribution < -0.4 is 15.2 Å². The van der Waals surface area contributed by atoms with Crippen LogP contribution in [-0.4, -0.2) is 30.0 Å². The highest BCUT2D eigenvalue weighted by atomic mass is 79.9. The van der Waals surface area contributed by atoms with Crippen molar-refractivity contribution in [2.75, 3.05) is 19.0 Å². The summed E-state index contributed by atoms with van der Waals surface area (Å²) in [6, 6.07) is 17.7. The lowest BCUT2D eigenvalue weighted by Crippen LogP contribution is -2.25. The maximum atomic E-state index is 13.7. The van der Waals surface area contributed by atoms with Gasteiger partial charge in [-0.2, -0.15) is 9.78 Å². The summed E-state index contributed by atoms with van der Waals surface area (Å²) in [5.74, 6) is 1.23. The molecule has 3 aromatic carbocycles. The number of halogens is 2. The number of fused-ring (bicyclic) bond motifs is 1. The highest BCUT2D eigenvalue weighted by molar-refractivity contribution is 9.10. The molecule has 1 saturated carbocycles. The van der Waals surface area contributed by atoms with Crippen molar-refractivity contribution in [3.63, 3.8) is 0 Å². The predicted octanol–water partition coefficient (Wildman–Crippen LogP) is 6.87. The zero-order chi connectivity index (χ0) is 26.6. The highest BCUT2D eigenvalue weighted by Crippen LogP contribution is 2.32. The van der Waals surface area contributed by atoms with Crippen LogP contribution in [0, 0.1) is 5.82 Å². The average molecular weight is 577 g/mol. The second kappa shape index (κ2) is 11.5. The van der Waals surface area contributed by atoms with E-state index in [1.807, 2.05) is 49.3 Å². The SMILES string of the molecule is CN(C)c1ccc(C=Nn2c(C3CCCCC3)nc3ccc(Br)cc3c2=O)c(OCc2ccc(F)cc2)c1. The molecule has 38 heavy (non-hydrogen) atoms. The minimum absolute atomic E-state index is 0.187. The molecule has 0 N–H and O–H groups in total. The van der Waals surface area contributed by atoms with Gasteiger partial charge < -0.3 is 9.64 Å². The minimum atomic E-state index is -0.286. The number of anilines is 1. The van der Waals surface area contributed by atoms with Crippen LogP contribution in [0.4, 0.5) is 10.1 Å². The third-order valence-corrected chi connectivity index (χ3v) is 7.43. The summed E-state index contributed by atoms with van der Waals surface area (Å²) in [4.78, 5) is 20.6. The van der Waals surface area contributed by atoms with Gasteiger partial charge in [0.05, 0.1) is 17.1 Å². The second-order valence-corrected chi connectivity index (χ2v) is 10.8. The number of hydrogen-bond acceptors (Lipinski definition) is 5. The number of hydrogen-bond donors (Lipinski definition) is 0. The summed E-state index contributed by atoms with van der Waals surface area (Å²) < 4.78 is 21.8. The first-order valence-electron chi connectivity index (χ1n) is 12.8. The fourth-order valence-electron chi connectivity index (χ4n) is 4.80. The number of nitrogens with zero attached hydrogens (tertiary/aromatic N) is 4. The Bertz CT molecular complexity index is 1530. The second-order valence-electron chi connectivity index (χ2n) is 9.86. The topological polar surface area (TPSA) is 59.7 Å². The maximum Gasteiger partial charge on any atom is 0.282 e. The van der Waals surface area contributed by atoms with Crippen LogP contribution >= 0.6 is 15.9 Å². The lowest BCUT2D eigenvalue weighted by Gasteiger charge is -2.23. The minimum Gasteiger partial charge on any atom is -0.488 e. The molecule has 0 aliphatic heterocycles. The van der Waals surface area contributed by atoms with Crippen LogP contribution in [-0.2, 0) is 6.61 Å². The Morgan fingerprint density at radius 1 is 1.08 bits per heavy atom. The van der Waals surface area contributed by atoms with E-state index in [2.05, 4.69) is 15.9 Å². The Balaban J connectivity index is 1.55. The Labute approximate surface area is 229 Å². The van der Waals surface area contributed by atoms with Gasteiger partial charge in [-0.1, -0.05) is 47.3 Å². The first-order chi connectivity index (χ1) is 18.4. The van der Waals surface area contributed by atoms with E-state index < -0.39 is 0 Å². The standard InChI is InChI=1S/C30H30BrFN4O2/c1-35(2)25-14-10-22(28(17-25)38-19-20-8-12-24(32)13-9-20)18-33-36-29(21-6-4-3-5-7-21)34-27-15-11-23(31)16-26(27)30(36)37/h8-18,21H,3-7,19H2,1-2H3. The summed E-state index contributed by atoms with van der Waals surface area (Å²) in [5.41, 5.74) is 3.04. The molecule has 6 nitrogen and oxygen atoms in total. The Hall–Kier alpha value is -3.52. The van der Waals surface area contributed by atoms with Crippen molar-refractivity contribution >= 4 is 38.7 Å². The van der Waals surface area contributed by atoms with Gasteiger partial charge in [-0.3, -0.25) is 4.79 Å². The van der Waals surface area contributed by atoms with E-state index in [9.17, 15) is 9.18 Å². The number of aromatic nitrogens is 2. The van der Waals surface area contributed by atoms with Crippen LogP contribution in [0.5, 0.6) is 5.75 Å². The molecule has 1 aliphatic rings. The molecule has 5 rings (SSSR count). The zero-order valence-electron chi connectivity index (χ0n) is 21.5. The first-order valence-corrected chi connectivity index (χ1v) is 13.6. The number of rotatable bonds is 7. The van der Waals surface area contributed by atoms with Crippen LogP contribution in [0.3, 0.4) is 0 Å². The summed E-state index contributed by atoms with van der Waals surface area (Å²) in [5, 5.41) is 5.21. The molecule has 1 heterocycles. The van der Waals surface area contributed by atoms with Crippen molar-refractivity contribution in [3.8, 4) is 5.75 Å². The van der Waals surface area contributed by atoms with Gasteiger partial charge in [-0.25, -0.2) is 9.37 Å². The predicted molar refractivity (Wildman–Crippen MR) is 154 cm³/mol. The smallest absolute Gasteiger partial charge is 0.282 e. The van der Waals surface area contributed by atoms with Crippen molar-refractivity contribution in [2.24, 2.45) is 5.10 Å². The van der Waals surface area contributed by atoms with Crippen LogP contribution in [0.25, 0.3) is 10.9 Å². The number of benzene rings is 3. The van der Waals surface area contributed by atoms with Crippen LogP contribution in [0.1, 0.15) is 55.0 Å². The Morgan fingerprint density at radius 2 is 1.84 bits per heavy atom. The fourth-order valence-corrected chi connectivity index (χ4v) is 5.16. The van der Waals surface area contributed by atoms with Crippen molar-refractivity contribution in [3.05, 3.63) is 98.3 Å². The van der Waals surface area contributed by atoms with Crippen molar-refractivity contribution in [1.29, 1.82) is 0 Å². The summed E-state index contributed by atoms with van der Waals surface area (Å²) in [7, 11) is 3.92. The molecule has 0 saturated heterocycles. The fraction of sp³-hybridized carbons (Fsp3) is 0.300. The molecule has 8 heteroatoms. The van der Waals surface area contributed by atoms with E-state index >= 15 is 0 Å². The Morgan fingerprint density at radius 3 is 2.58 bits per heavy atom. The van der Waals surface area contributed by atoms with E-state index in [1.165, 1.54) is 23.2 Å². The molecule has 0 radical (unpaired) electrons. The van der Waals surface area contributed by atoms with E-state index in [0.717, 1.165) is 47.0 Å². The van der Waals surface area contributed by atoms with Gasteiger partial charge in [0.2, 0.25) is 0 Å². The third-order valence-electron chi connectivity index (χ3n) is 6.94. The Kier molecular flexibility index (Phi) is 7.88. The molecule has 1 aromatic heterocycles. The van der Waals surface area contributed by atoms with Crippen LogP contribution in [0.2, 0.25) is 0 Å². The maximum absolute atomic E-state index is 13.7. The quantitative estimate of drug-likeness (QED) is 0.225. The van der Waals surface area contributed by atoms with Gasteiger partial charge in [0.15, 0.2) is 0 Å². The molecular weight excluding hydrogens is 547 g/mol. The monoisotopic (exact) mass is 576 g/mol. The molecule has 0 bridgehead atoms. The molecular formula is C30H30BrFN4O2. The molecule has 0 atom stereocenters. The van der Waals surface area contributed by atoms with Gasteiger partial charge in [-0.15, -0.1) is 0 Å². The van der Waals surface area contributed by atoms with Gasteiger partial charge in [0.1, 0.15) is 24.0 Å².